The molecular formula is C16H15NOS. The first-order chi connectivity index (χ1) is 9.18. The van der Waals surface area contributed by atoms with Gasteiger partial charge in [-0.05, 0) is 43.1 Å². The van der Waals surface area contributed by atoms with Gasteiger partial charge in [0.15, 0.2) is 0 Å². The van der Waals surface area contributed by atoms with Crippen LogP contribution in [0.4, 0.5) is 5.69 Å². The van der Waals surface area contributed by atoms with E-state index in [4.69, 9.17) is 0 Å². The normalized spacial score (nSPS) is 9.95. The predicted octanol–water partition coefficient (Wildman–Crippen LogP) is 4.30. The van der Waals surface area contributed by atoms with E-state index in [1.165, 1.54) is 11.9 Å². The molecule has 0 bridgehead atoms. The molecule has 2 aromatic carbocycles. The van der Waals surface area contributed by atoms with Crippen molar-refractivity contribution < 1.29 is 4.79 Å². The van der Waals surface area contributed by atoms with Crippen LogP contribution in [0.1, 0.15) is 6.92 Å². The van der Waals surface area contributed by atoms with Crippen molar-refractivity contribution in [1.29, 1.82) is 0 Å². The van der Waals surface area contributed by atoms with Crippen LogP contribution in [-0.4, -0.2) is 5.91 Å². The Labute approximate surface area is 117 Å². The smallest absolute Gasteiger partial charge is 0.263 e. The maximum atomic E-state index is 12.3. The average Bonchev–Trinajstić information content (AvgIpc) is 2.46. The number of hydrogen-bond donors (Lipinski definition) is 0. The van der Waals surface area contributed by atoms with Crippen molar-refractivity contribution in [2.24, 2.45) is 0 Å². The number of hydrogen-bond acceptors (Lipinski definition) is 2. The van der Waals surface area contributed by atoms with E-state index in [-0.39, 0.29) is 5.91 Å². The molecule has 2 nitrogen and oxygen atoms in total. The minimum atomic E-state index is -0.0833. The summed E-state index contributed by atoms with van der Waals surface area (Å²) in [6.07, 6.45) is 0. The molecule has 0 atom stereocenters. The molecule has 0 aliphatic heterocycles. The summed E-state index contributed by atoms with van der Waals surface area (Å²) in [7, 11) is 0. The van der Waals surface area contributed by atoms with Crippen LogP contribution >= 0.6 is 11.9 Å². The molecule has 2 rings (SSSR count). The van der Waals surface area contributed by atoms with Crippen molar-refractivity contribution in [1.82, 2.24) is 0 Å². The van der Waals surface area contributed by atoms with Crippen LogP contribution in [0.2, 0.25) is 0 Å². The molecule has 0 saturated carbocycles. The number of amides is 1. The Morgan fingerprint density at radius 1 is 1.00 bits per heavy atom. The summed E-state index contributed by atoms with van der Waals surface area (Å²) in [5, 5.41) is 0. The number of nitrogens with zero attached hydrogens (tertiary/aromatic N) is 1. The molecule has 0 radical (unpaired) electrons. The van der Waals surface area contributed by atoms with E-state index in [9.17, 15) is 4.79 Å². The summed E-state index contributed by atoms with van der Waals surface area (Å²) in [6.45, 7) is 5.46. The van der Waals surface area contributed by atoms with Gasteiger partial charge in [-0.2, -0.15) is 0 Å². The molecule has 3 heteroatoms. The molecule has 0 heterocycles. The fourth-order valence-corrected chi connectivity index (χ4v) is 2.49. The highest BCUT2D eigenvalue weighted by molar-refractivity contribution is 8.01. The number of para-hydroxylation sites is 1. The zero-order valence-electron chi connectivity index (χ0n) is 10.7. The largest absolute Gasteiger partial charge is 0.268 e. The van der Waals surface area contributed by atoms with Crippen molar-refractivity contribution in [3.63, 3.8) is 0 Å². The topological polar surface area (TPSA) is 20.3 Å². The van der Waals surface area contributed by atoms with Gasteiger partial charge in [-0.25, -0.2) is 4.31 Å². The molecule has 0 aliphatic carbocycles. The molecule has 0 fully saturated rings. The third-order valence-electron chi connectivity index (χ3n) is 2.48. The standard InChI is InChI=1S/C16H15NOS/c1-13(2)16(18)17(14-9-5-3-6-10-14)19-15-11-7-4-8-12-15/h3-12H,1H2,2H3. The number of rotatable bonds is 4. The summed E-state index contributed by atoms with van der Waals surface area (Å²) in [6, 6.07) is 19.4. The average molecular weight is 269 g/mol. The molecular weight excluding hydrogens is 254 g/mol. The van der Waals surface area contributed by atoms with Crippen molar-refractivity contribution >= 4 is 23.5 Å². The second kappa shape index (κ2) is 6.25. The minimum absolute atomic E-state index is 0.0833. The summed E-state index contributed by atoms with van der Waals surface area (Å²) < 4.78 is 1.66. The summed E-state index contributed by atoms with van der Waals surface area (Å²) >= 11 is 1.40. The maximum Gasteiger partial charge on any atom is 0.263 e. The molecule has 0 spiro atoms. The molecule has 96 valence electrons. The Bertz CT molecular complexity index is 566. The fraction of sp³-hybridized carbons (Fsp3) is 0.0625. The first-order valence-electron chi connectivity index (χ1n) is 5.96. The van der Waals surface area contributed by atoms with Gasteiger partial charge in [0, 0.05) is 10.5 Å². The maximum absolute atomic E-state index is 12.3. The highest BCUT2D eigenvalue weighted by atomic mass is 32.2. The lowest BCUT2D eigenvalue weighted by Crippen LogP contribution is -2.23. The van der Waals surface area contributed by atoms with E-state index >= 15 is 0 Å². The van der Waals surface area contributed by atoms with Gasteiger partial charge in [-0.15, -0.1) is 0 Å². The lowest BCUT2D eigenvalue weighted by atomic mass is 10.3. The quantitative estimate of drug-likeness (QED) is 0.609. The predicted molar refractivity (Wildman–Crippen MR) is 81.0 cm³/mol. The van der Waals surface area contributed by atoms with Gasteiger partial charge in [0.05, 0.1) is 5.69 Å². The Morgan fingerprint density at radius 2 is 1.53 bits per heavy atom. The SMILES string of the molecule is C=C(C)C(=O)N(Sc1ccccc1)c1ccccc1. The first-order valence-corrected chi connectivity index (χ1v) is 6.74. The van der Waals surface area contributed by atoms with Crippen molar-refractivity contribution in [2.75, 3.05) is 4.31 Å². The number of anilines is 1. The summed E-state index contributed by atoms with van der Waals surface area (Å²) in [5.74, 6) is -0.0833. The van der Waals surface area contributed by atoms with Gasteiger partial charge in [0.2, 0.25) is 0 Å². The summed E-state index contributed by atoms with van der Waals surface area (Å²) in [4.78, 5) is 13.3. The number of carbonyl (C=O) groups is 1. The molecule has 19 heavy (non-hydrogen) atoms. The molecule has 0 aromatic heterocycles. The van der Waals surface area contributed by atoms with E-state index in [0.29, 0.717) is 5.57 Å². The second-order valence-corrected chi connectivity index (χ2v) is 5.14. The highest BCUT2D eigenvalue weighted by Crippen LogP contribution is 2.29. The third-order valence-corrected chi connectivity index (χ3v) is 3.52. The van der Waals surface area contributed by atoms with Gasteiger partial charge in [0.25, 0.3) is 5.91 Å². The van der Waals surface area contributed by atoms with Crippen LogP contribution in [0.5, 0.6) is 0 Å². The van der Waals surface area contributed by atoms with Crippen LogP contribution in [0.15, 0.2) is 77.7 Å². The zero-order chi connectivity index (χ0) is 13.7. The van der Waals surface area contributed by atoms with E-state index in [1.54, 1.807) is 11.2 Å². The van der Waals surface area contributed by atoms with Gasteiger partial charge >= 0.3 is 0 Å². The second-order valence-electron chi connectivity index (χ2n) is 4.12. The Morgan fingerprint density at radius 3 is 2.05 bits per heavy atom. The molecule has 0 unspecified atom stereocenters. The highest BCUT2D eigenvalue weighted by Gasteiger charge is 2.17. The van der Waals surface area contributed by atoms with E-state index in [0.717, 1.165) is 10.6 Å². The number of carbonyl (C=O) groups excluding carboxylic acids is 1. The fourth-order valence-electron chi connectivity index (χ4n) is 1.53. The van der Waals surface area contributed by atoms with Crippen molar-refractivity contribution in [3.8, 4) is 0 Å². The van der Waals surface area contributed by atoms with Gasteiger partial charge < -0.3 is 0 Å². The van der Waals surface area contributed by atoms with Crippen LogP contribution in [0.25, 0.3) is 0 Å². The van der Waals surface area contributed by atoms with Crippen molar-refractivity contribution in [2.45, 2.75) is 11.8 Å². The van der Waals surface area contributed by atoms with E-state index < -0.39 is 0 Å². The lowest BCUT2D eigenvalue weighted by Gasteiger charge is -2.21. The monoisotopic (exact) mass is 269 g/mol. The lowest BCUT2D eigenvalue weighted by molar-refractivity contribution is -0.113. The van der Waals surface area contributed by atoms with Gasteiger partial charge in [-0.1, -0.05) is 43.0 Å². The zero-order valence-corrected chi connectivity index (χ0v) is 11.6. The Balaban J connectivity index is 2.30. The third kappa shape index (κ3) is 3.48. The first kappa shape index (κ1) is 13.4. The van der Waals surface area contributed by atoms with Crippen LogP contribution in [-0.2, 0) is 4.79 Å². The summed E-state index contributed by atoms with van der Waals surface area (Å²) in [5.41, 5.74) is 1.37. The van der Waals surface area contributed by atoms with E-state index in [2.05, 4.69) is 6.58 Å². The Kier molecular flexibility index (Phi) is 4.42. The Hall–Kier alpha value is -2.00. The van der Waals surface area contributed by atoms with E-state index in [1.807, 2.05) is 60.7 Å². The minimum Gasteiger partial charge on any atom is -0.268 e. The number of benzene rings is 2. The molecule has 1 amide bonds. The van der Waals surface area contributed by atoms with Crippen LogP contribution < -0.4 is 4.31 Å². The van der Waals surface area contributed by atoms with Gasteiger partial charge in [-0.3, -0.25) is 4.79 Å². The molecule has 2 aromatic rings. The molecule has 0 saturated heterocycles. The van der Waals surface area contributed by atoms with Gasteiger partial charge in [0.1, 0.15) is 0 Å². The molecule has 0 N–H and O–H groups in total. The molecule has 0 aliphatic rings. The van der Waals surface area contributed by atoms with Crippen LogP contribution in [0, 0.1) is 0 Å². The van der Waals surface area contributed by atoms with Crippen LogP contribution in [0.3, 0.4) is 0 Å². The van der Waals surface area contributed by atoms with Crippen molar-refractivity contribution in [3.05, 3.63) is 72.8 Å².